The molecule has 2 nitrogen and oxygen atoms in total. The number of benzene rings is 2. The van der Waals surface area contributed by atoms with Gasteiger partial charge < -0.3 is 5.11 Å². The van der Waals surface area contributed by atoms with Crippen LogP contribution in [0.1, 0.15) is 15.9 Å². The molecule has 0 amide bonds. The highest BCUT2D eigenvalue weighted by Gasteiger charge is 2.35. The Morgan fingerprint density at radius 1 is 1.05 bits per heavy atom. The van der Waals surface area contributed by atoms with Crippen LogP contribution >= 0.6 is 23.2 Å². The van der Waals surface area contributed by atoms with E-state index in [-0.39, 0.29) is 10.6 Å². The summed E-state index contributed by atoms with van der Waals surface area (Å²) in [6, 6.07) is 7.30. The predicted octanol–water partition coefficient (Wildman–Crippen LogP) is 5.38. The molecule has 7 heteroatoms. The van der Waals surface area contributed by atoms with Gasteiger partial charge in [-0.25, -0.2) is 4.79 Å². The van der Waals surface area contributed by atoms with Crippen LogP contribution in [0.25, 0.3) is 11.1 Å². The maximum Gasteiger partial charge on any atom is 0.417 e. The normalized spacial score (nSPS) is 11.5. The standard InChI is InChI=1S/C14H7Cl2F3O2/c15-8-2-4-9(12(16)6-8)7-1-3-10(13(20)21)11(5-7)14(17,18)19/h1-6H,(H,20,21). The van der Waals surface area contributed by atoms with Crippen molar-refractivity contribution in [1.29, 1.82) is 0 Å². The van der Waals surface area contributed by atoms with Crippen LogP contribution in [0.3, 0.4) is 0 Å². The molecule has 0 spiro atoms. The van der Waals surface area contributed by atoms with Gasteiger partial charge in [-0.2, -0.15) is 13.2 Å². The van der Waals surface area contributed by atoms with E-state index in [2.05, 4.69) is 0 Å². The van der Waals surface area contributed by atoms with Crippen LogP contribution in [0.15, 0.2) is 36.4 Å². The molecule has 0 aliphatic rings. The second-order valence-corrected chi connectivity index (χ2v) is 5.03. The van der Waals surface area contributed by atoms with Crippen LogP contribution in [-0.2, 0) is 6.18 Å². The van der Waals surface area contributed by atoms with Gasteiger partial charge in [0.15, 0.2) is 0 Å². The Morgan fingerprint density at radius 3 is 2.24 bits per heavy atom. The average molecular weight is 335 g/mol. The molecular formula is C14H7Cl2F3O2. The molecule has 21 heavy (non-hydrogen) atoms. The second-order valence-electron chi connectivity index (χ2n) is 4.19. The first-order valence-corrected chi connectivity index (χ1v) is 6.35. The van der Waals surface area contributed by atoms with Crippen molar-refractivity contribution in [2.45, 2.75) is 6.18 Å². The van der Waals surface area contributed by atoms with E-state index in [1.54, 1.807) is 0 Å². The van der Waals surface area contributed by atoms with Gasteiger partial charge in [0.05, 0.1) is 11.1 Å². The first kappa shape index (κ1) is 15.7. The zero-order chi connectivity index (χ0) is 15.8. The lowest BCUT2D eigenvalue weighted by Gasteiger charge is -2.13. The summed E-state index contributed by atoms with van der Waals surface area (Å²) < 4.78 is 38.9. The Labute approximate surface area is 127 Å². The van der Waals surface area contributed by atoms with E-state index in [9.17, 15) is 18.0 Å². The molecule has 2 aromatic rings. The Morgan fingerprint density at radius 2 is 1.71 bits per heavy atom. The third-order valence-electron chi connectivity index (χ3n) is 2.80. The number of rotatable bonds is 2. The number of carbonyl (C=O) groups is 1. The van der Waals surface area contributed by atoms with Gasteiger partial charge in [-0.3, -0.25) is 0 Å². The average Bonchev–Trinajstić information content (AvgIpc) is 2.37. The summed E-state index contributed by atoms with van der Waals surface area (Å²) in [6.45, 7) is 0. The van der Waals surface area contributed by atoms with E-state index in [1.165, 1.54) is 24.3 Å². The molecule has 0 fully saturated rings. The van der Waals surface area contributed by atoms with Crippen molar-refractivity contribution in [2.24, 2.45) is 0 Å². The molecule has 0 saturated carbocycles. The van der Waals surface area contributed by atoms with E-state index in [0.29, 0.717) is 10.6 Å². The van der Waals surface area contributed by atoms with Crippen molar-refractivity contribution in [3.05, 3.63) is 57.6 Å². The molecule has 0 aliphatic carbocycles. The van der Waals surface area contributed by atoms with E-state index in [1.807, 2.05) is 0 Å². The Kier molecular flexibility index (Phi) is 4.16. The molecule has 0 radical (unpaired) electrons. The number of alkyl halides is 3. The van der Waals surface area contributed by atoms with Gasteiger partial charge in [-0.15, -0.1) is 0 Å². The fourth-order valence-electron chi connectivity index (χ4n) is 1.86. The molecule has 0 saturated heterocycles. The van der Waals surface area contributed by atoms with Crippen LogP contribution in [0.4, 0.5) is 13.2 Å². The van der Waals surface area contributed by atoms with Gasteiger partial charge in [0.1, 0.15) is 0 Å². The maximum atomic E-state index is 13.0. The number of carboxylic acids is 1. The minimum atomic E-state index is -4.78. The topological polar surface area (TPSA) is 37.3 Å². The first-order chi connectivity index (χ1) is 9.70. The van der Waals surface area contributed by atoms with E-state index in [0.717, 1.165) is 12.1 Å². The Balaban J connectivity index is 2.64. The van der Waals surface area contributed by atoms with Gasteiger partial charge in [0.25, 0.3) is 0 Å². The molecule has 1 N–H and O–H groups in total. The number of halogens is 5. The van der Waals surface area contributed by atoms with Crippen LogP contribution in [0.2, 0.25) is 10.0 Å². The van der Waals surface area contributed by atoms with Crippen molar-refractivity contribution < 1.29 is 23.1 Å². The van der Waals surface area contributed by atoms with Crippen LogP contribution in [-0.4, -0.2) is 11.1 Å². The number of aromatic carboxylic acids is 1. The summed E-state index contributed by atoms with van der Waals surface area (Å²) >= 11 is 11.7. The van der Waals surface area contributed by atoms with Gasteiger partial charge >= 0.3 is 12.1 Å². The Hall–Kier alpha value is -1.72. The van der Waals surface area contributed by atoms with Gasteiger partial charge in [-0.05, 0) is 29.8 Å². The maximum absolute atomic E-state index is 13.0. The van der Waals surface area contributed by atoms with Crippen molar-refractivity contribution in [2.75, 3.05) is 0 Å². The minimum absolute atomic E-state index is 0.161. The van der Waals surface area contributed by atoms with Crippen LogP contribution in [0.5, 0.6) is 0 Å². The quantitative estimate of drug-likeness (QED) is 0.800. The summed E-state index contributed by atoms with van der Waals surface area (Å²) in [6.07, 6.45) is -4.78. The van der Waals surface area contributed by atoms with E-state index >= 15 is 0 Å². The van der Waals surface area contributed by atoms with E-state index < -0.39 is 23.3 Å². The van der Waals surface area contributed by atoms with Gasteiger partial charge in [-0.1, -0.05) is 35.3 Å². The fourth-order valence-corrected chi connectivity index (χ4v) is 2.37. The lowest BCUT2D eigenvalue weighted by atomic mass is 9.98. The zero-order valence-electron chi connectivity index (χ0n) is 10.2. The highest BCUT2D eigenvalue weighted by Crippen LogP contribution is 2.37. The molecule has 0 atom stereocenters. The van der Waals surface area contributed by atoms with Crippen molar-refractivity contribution in [1.82, 2.24) is 0 Å². The fraction of sp³-hybridized carbons (Fsp3) is 0.0714. The molecule has 0 bridgehead atoms. The molecule has 2 rings (SSSR count). The molecule has 0 aliphatic heterocycles. The van der Waals surface area contributed by atoms with Crippen molar-refractivity contribution >= 4 is 29.2 Å². The summed E-state index contributed by atoms with van der Waals surface area (Å²) in [4.78, 5) is 10.9. The number of carboxylic acid groups (broad SMARTS) is 1. The highest BCUT2D eigenvalue weighted by atomic mass is 35.5. The smallest absolute Gasteiger partial charge is 0.417 e. The second kappa shape index (κ2) is 5.58. The lowest BCUT2D eigenvalue weighted by molar-refractivity contribution is -0.138. The third kappa shape index (κ3) is 3.31. The van der Waals surface area contributed by atoms with Gasteiger partial charge in [0.2, 0.25) is 0 Å². The summed E-state index contributed by atoms with van der Waals surface area (Å²) in [7, 11) is 0. The molecular weight excluding hydrogens is 328 g/mol. The Bertz CT molecular complexity index is 712. The largest absolute Gasteiger partial charge is 0.478 e. The van der Waals surface area contributed by atoms with E-state index in [4.69, 9.17) is 28.3 Å². The summed E-state index contributed by atoms with van der Waals surface area (Å²) in [5, 5.41) is 9.37. The predicted molar refractivity (Wildman–Crippen MR) is 73.9 cm³/mol. The van der Waals surface area contributed by atoms with Crippen molar-refractivity contribution in [3.63, 3.8) is 0 Å². The summed E-state index contributed by atoms with van der Waals surface area (Å²) in [5.41, 5.74) is -1.53. The van der Waals surface area contributed by atoms with Crippen LogP contribution in [0, 0.1) is 0 Å². The minimum Gasteiger partial charge on any atom is -0.478 e. The van der Waals surface area contributed by atoms with Crippen LogP contribution < -0.4 is 0 Å². The molecule has 2 aromatic carbocycles. The first-order valence-electron chi connectivity index (χ1n) is 5.60. The highest BCUT2D eigenvalue weighted by molar-refractivity contribution is 6.36. The molecule has 0 aromatic heterocycles. The molecule has 0 unspecified atom stereocenters. The lowest BCUT2D eigenvalue weighted by Crippen LogP contribution is -2.13. The SMILES string of the molecule is O=C(O)c1ccc(-c2ccc(Cl)cc2Cl)cc1C(F)(F)F. The zero-order valence-corrected chi connectivity index (χ0v) is 11.7. The molecule has 110 valence electrons. The number of hydrogen-bond donors (Lipinski definition) is 1. The summed E-state index contributed by atoms with van der Waals surface area (Å²) in [5.74, 6) is -1.64. The van der Waals surface area contributed by atoms with Crippen molar-refractivity contribution in [3.8, 4) is 11.1 Å². The monoisotopic (exact) mass is 334 g/mol. The van der Waals surface area contributed by atoms with Gasteiger partial charge in [0, 0.05) is 15.6 Å². The number of hydrogen-bond acceptors (Lipinski definition) is 1. The molecule has 0 heterocycles. The third-order valence-corrected chi connectivity index (χ3v) is 3.35.